The van der Waals surface area contributed by atoms with Gasteiger partial charge >= 0.3 is 0 Å². The summed E-state index contributed by atoms with van der Waals surface area (Å²) < 4.78 is 0. The molecule has 0 amide bonds. The maximum atomic E-state index is 5.47. The third-order valence-electron chi connectivity index (χ3n) is 1.61. The van der Waals surface area contributed by atoms with Crippen LogP contribution in [0.1, 0.15) is 47.0 Å². The van der Waals surface area contributed by atoms with Crippen LogP contribution >= 0.6 is 0 Å². The van der Waals surface area contributed by atoms with Crippen molar-refractivity contribution in [2.45, 2.75) is 47.0 Å². The highest BCUT2D eigenvalue weighted by atomic mass is 14.5. The minimum Gasteiger partial charge on any atom is -0.330 e. The van der Waals surface area contributed by atoms with Gasteiger partial charge in [-0.1, -0.05) is 40.5 Å². The largest absolute Gasteiger partial charge is 0.330 e. The normalized spacial score (nSPS) is 11.7. The maximum Gasteiger partial charge on any atom is -0.00490 e. The molecule has 0 aliphatic carbocycles. The second-order valence-electron chi connectivity index (χ2n) is 2.30. The molecule has 0 saturated carbocycles. The molecule has 0 aliphatic heterocycles. The van der Waals surface area contributed by atoms with Gasteiger partial charge in [-0.05, 0) is 18.9 Å². The van der Waals surface area contributed by atoms with Gasteiger partial charge in [-0.2, -0.15) is 0 Å². The Morgan fingerprint density at radius 3 is 1.80 bits per heavy atom. The van der Waals surface area contributed by atoms with Crippen molar-refractivity contribution in [3.05, 3.63) is 0 Å². The average Bonchev–Trinajstić information content (AvgIpc) is 2.04. The lowest BCUT2D eigenvalue weighted by molar-refractivity contribution is 0.475. The molecule has 1 unspecified atom stereocenters. The Hall–Kier alpha value is -0.0400. The summed E-state index contributed by atoms with van der Waals surface area (Å²) >= 11 is 0. The Labute approximate surface area is 66.0 Å². The molecule has 0 heterocycles. The third-order valence-corrected chi connectivity index (χ3v) is 1.61. The van der Waals surface area contributed by atoms with Crippen LogP contribution in [0.5, 0.6) is 0 Å². The predicted molar refractivity (Wildman–Crippen MR) is 49.1 cm³/mol. The van der Waals surface area contributed by atoms with Gasteiger partial charge in [0.15, 0.2) is 0 Å². The van der Waals surface area contributed by atoms with Gasteiger partial charge in [-0.15, -0.1) is 0 Å². The van der Waals surface area contributed by atoms with Crippen LogP contribution in [0.2, 0.25) is 0 Å². The first-order chi connectivity index (χ1) is 4.85. The summed E-state index contributed by atoms with van der Waals surface area (Å²) in [5.41, 5.74) is 5.47. The predicted octanol–water partition coefficient (Wildman–Crippen LogP) is 2.80. The molecule has 1 nitrogen and oxygen atoms in total. The van der Waals surface area contributed by atoms with Gasteiger partial charge in [0.25, 0.3) is 0 Å². The molecule has 0 rings (SSSR count). The van der Waals surface area contributed by atoms with Gasteiger partial charge in [0.1, 0.15) is 0 Å². The van der Waals surface area contributed by atoms with Gasteiger partial charge in [0.2, 0.25) is 0 Å². The van der Waals surface area contributed by atoms with Gasteiger partial charge < -0.3 is 5.73 Å². The van der Waals surface area contributed by atoms with E-state index >= 15 is 0 Å². The molecule has 64 valence electrons. The molecule has 0 saturated heterocycles. The van der Waals surface area contributed by atoms with E-state index in [4.69, 9.17) is 5.73 Å². The molecular formula is C9H23N. The highest BCUT2D eigenvalue weighted by Gasteiger charge is 1.99. The van der Waals surface area contributed by atoms with Crippen molar-refractivity contribution in [1.29, 1.82) is 0 Å². The fraction of sp³-hybridized carbons (Fsp3) is 1.00. The summed E-state index contributed by atoms with van der Waals surface area (Å²) in [6.45, 7) is 9.27. The zero-order chi connectivity index (χ0) is 8.41. The zero-order valence-corrected chi connectivity index (χ0v) is 7.98. The molecule has 0 aromatic carbocycles. The molecule has 1 heteroatoms. The van der Waals surface area contributed by atoms with Crippen molar-refractivity contribution < 1.29 is 0 Å². The van der Waals surface area contributed by atoms with Gasteiger partial charge in [0, 0.05) is 0 Å². The van der Waals surface area contributed by atoms with Crippen LogP contribution in [0, 0.1) is 5.92 Å². The third kappa shape index (κ3) is 7.96. The van der Waals surface area contributed by atoms with E-state index < -0.39 is 0 Å². The van der Waals surface area contributed by atoms with Crippen LogP contribution in [0.4, 0.5) is 0 Å². The van der Waals surface area contributed by atoms with E-state index in [9.17, 15) is 0 Å². The van der Waals surface area contributed by atoms with Crippen LogP contribution in [-0.2, 0) is 0 Å². The lowest BCUT2D eigenvalue weighted by Crippen LogP contribution is -2.12. The molecule has 0 bridgehead atoms. The minimum atomic E-state index is 0.778. The number of rotatable bonds is 4. The Balaban J connectivity index is 0. The molecule has 1 atom stereocenters. The van der Waals surface area contributed by atoms with E-state index in [1.165, 1.54) is 19.3 Å². The maximum absolute atomic E-state index is 5.47. The second-order valence-corrected chi connectivity index (χ2v) is 2.30. The number of hydrogen-bond acceptors (Lipinski definition) is 1. The first kappa shape index (κ1) is 12.6. The van der Waals surface area contributed by atoms with Crippen LogP contribution in [-0.4, -0.2) is 6.54 Å². The highest BCUT2D eigenvalue weighted by Crippen LogP contribution is 2.07. The average molecular weight is 145 g/mol. The quantitative estimate of drug-likeness (QED) is 0.646. The van der Waals surface area contributed by atoms with E-state index in [0.717, 1.165) is 12.5 Å². The summed E-state index contributed by atoms with van der Waals surface area (Å²) in [6, 6.07) is 0. The monoisotopic (exact) mass is 145 g/mol. The van der Waals surface area contributed by atoms with Crippen molar-refractivity contribution in [3.63, 3.8) is 0 Å². The highest BCUT2D eigenvalue weighted by molar-refractivity contribution is 4.54. The van der Waals surface area contributed by atoms with Crippen molar-refractivity contribution in [2.24, 2.45) is 11.7 Å². The minimum absolute atomic E-state index is 0.778. The fourth-order valence-electron chi connectivity index (χ4n) is 0.897. The van der Waals surface area contributed by atoms with E-state index in [1.807, 2.05) is 13.8 Å². The van der Waals surface area contributed by atoms with E-state index in [-0.39, 0.29) is 0 Å². The van der Waals surface area contributed by atoms with Crippen molar-refractivity contribution in [1.82, 2.24) is 0 Å². The Kier molecular flexibility index (Phi) is 14.8. The van der Waals surface area contributed by atoms with Crippen molar-refractivity contribution in [3.8, 4) is 0 Å². The zero-order valence-electron chi connectivity index (χ0n) is 7.98. The first-order valence-corrected chi connectivity index (χ1v) is 4.55. The SMILES string of the molecule is CC.CCCC(CC)CN. The molecule has 0 radical (unpaired) electrons. The number of hydrogen-bond donors (Lipinski definition) is 1. The lowest BCUT2D eigenvalue weighted by atomic mass is 10.0. The number of nitrogens with two attached hydrogens (primary N) is 1. The standard InChI is InChI=1S/C7H17N.C2H6/c1-3-5-7(4-2)6-8;1-2/h7H,3-6,8H2,1-2H3;1-2H3. The van der Waals surface area contributed by atoms with E-state index in [2.05, 4.69) is 13.8 Å². The van der Waals surface area contributed by atoms with Gasteiger partial charge in [-0.3, -0.25) is 0 Å². The smallest absolute Gasteiger partial charge is 0.00490 e. The van der Waals surface area contributed by atoms with Crippen molar-refractivity contribution in [2.75, 3.05) is 6.54 Å². The van der Waals surface area contributed by atoms with Gasteiger partial charge in [-0.25, -0.2) is 0 Å². The molecule has 2 N–H and O–H groups in total. The van der Waals surface area contributed by atoms with Crippen molar-refractivity contribution >= 4 is 0 Å². The molecular weight excluding hydrogens is 122 g/mol. The summed E-state index contributed by atoms with van der Waals surface area (Å²) in [5.74, 6) is 0.778. The van der Waals surface area contributed by atoms with E-state index in [0.29, 0.717) is 0 Å². The lowest BCUT2D eigenvalue weighted by Gasteiger charge is -2.08. The summed E-state index contributed by atoms with van der Waals surface area (Å²) in [7, 11) is 0. The van der Waals surface area contributed by atoms with E-state index in [1.54, 1.807) is 0 Å². The molecule has 0 fully saturated rings. The molecule has 0 spiro atoms. The second kappa shape index (κ2) is 11.7. The molecule has 0 aromatic heterocycles. The van der Waals surface area contributed by atoms with Crippen LogP contribution in [0.25, 0.3) is 0 Å². The molecule has 10 heavy (non-hydrogen) atoms. The summed E-state index contributed by atoms with van der Waals surface area (Å²) in [4.78, 5) is 0. The van der Waals surface area contributed by atoms with Crippen LogP contribution < -0.4 is 5.73 Å². The van der Waals surface area contributed by atoms with Gasteiger partial charge in [0.05, 0.1) is 0 Å². The molecule has 0 aromatic rings. The van der Waals surface area contributed by atoms with Crippen LogP contribution in [0.15, 0.2) is 0 Å². The summed E-state index contributed by atoms with van der Waals surface area (Å²) in [5, 5.41) is 0. The molecule has 0 aliphatic rings. The van der Waals surface area contributed by atoms with Crippen LogP contribution in [0.3, 0.4) is 0 Å². The Bertz CT molecular complexity index is 40.0. The Morgan fingerprint density at radius 1 is 1.20 bits per heavy atom. The summed E-state index contributed by atoms with van der Waals surface area (Å²) in [6.07, 6.45) is 3.81. The first-order valence-electron chi connectivity index (χ1n) is 4.55. The topological polar surface area (TPSA) is 26.0 Å². The Morgan fingerprint density at radius 2 is 1.70 bits per heavy atom. The fourth-order valence-corrected chi connectivity index (χ4v) is 0.897.